The molecule has 1 N–H and O–H groups in total. The number of ether oxygens (including phenoxy) is 1. The molecule has 2 aromatic rings. The van der Waals surface area contributed by atoms with Gasteiger partial charge in [-0.25, -0.2) is 0 Å². The van der Waals surface area contributed by atoms with Crippen LogP contribution in [0.3, 0.4) is 0 Å². The maximum atomic E-state index is 6.50. The average Bonchev–Trinajstić information content (AvgIpc) is 2.65. The van der Waals surface area contributed by atoms with Gasteiger partial charge in [-0.1, -0.05) is 72.8 Å². The Bertz CT molecular complexity index is 567. The van der Waals surface area contributed by atoms with Crippen molar-refractivity contribution in [3.8, 4) is 0 Å². The van der Waals surface area contributed by atoms with Crippen LogP contribution in [0.2, 0.25) is 0 Å². The third kappa shape index (κ3) is 3.95. The number of allylic oxidation sites excluding steroid dienone is 2. The summed E-state index contributed by atoms with van der Waals surface area (Å²) in [4.78, 5) is 0. The van der Waals surface area contributed by atoms with Crippen LogP contribution in [0.25, 0.3) is 0 Å². The molecule has 0 aliphatic rings. The average molecular weight is 323 g/mol. The quantitative estimate of drug-likeness (QED) is 0.662. The number of hydrogen-bond acceptors (Lipinski definition) is 2. The van der Waals surface area contributed by atoms with Gasteiger partial charge in [-0.15, -0.1) is 0 Å². The summed E-state index contributed by atoms with van der Waals surface area (Å²) in [6.07, 6.45) is 6.36. The zero-order chi connectivity index (χ0) is 17.3. The summed E-state index contributed by atoms with van der Waals surface area (Å²) in [7, 11) is 2.03. The van der Waals surface area contributed by atoms with Gasteiger partial charge in [-0.2, -0.15) is 0 Å². The van der Waals surface area contributed by atoms with Crippen LogP contribution in [0.4, 0.5) is 0 Å². The summed E-state index contributed by atoms with van der Waals surface area (Å²) in [6, 6.07) is 21.3. The molecular formula is C22H29NO. The second kappa shape index (κ2) is 9.41. The summed E-state index contributed by atoms with van der Waals surface area (Å²) in [5.74, 6) is 0. The van der Waals surface area contributed by atoms with E-state index >= 15 is 0 Å². The smallest absolute Gasteiger partial charge is 0.133 e. The van der Waals surface area contributed by atoms with E-state index in [2.05, 4.69) is 92.0 Å². The van der Waals surface area contributed by atoms with Crippen molar-refractivity contribution in [1.82, 2.24) is 5.32 Å². The van der Waals surface area contributed by atoms with Gasteiger partial charge in [0.15, 0.2) is 0 Å². The van der Waals surface area contributed by atoms with Crippen LogP contribution in [-0.2, 0) is 10.3 Å². The van der Waals surface area contributed by atoms with Gasteiger partial charge in [0.05, 0.1) is 0 Å². The first kappa shape index (κ1) is 18.4. The van der Waals surface area contributed by atoms with Crippen molar-refractivity contribution in [3.63, 3.8) is 0 Å². The topological polar surface area (TPSA) is 21.3 Å². The van der Waals surface area contributed by atoms with Gasteiger partial charge in [0, 0.05) is 12.6 Å². The minimum Gasteiger partial charge on any atom is -0.364 e. The fourth-order valence-electron chi connectivity index (χ4n) is 3.42. The van der Waals surface area contributed by atoms with Crippen molar-refractivity contribution >= 4 is 0 Å². The maximum absolute atomic E-state index is 6.50. The molecule has 0 aromatic heterocycles. The van der Waals surface area contributed by atoms with Crippen molar-refractivity contribution in [1.29, 1.82) is 0 Å². The Morgan fingerprint density at radius 2 is 1.54 bits per heavy atom. The first-order valence-electron chi connectivity index (χ1n) is 8.83. The van der Waals surface area contributed by atoms with Gasteiger partial charge in [-0.3, -0.25) is 0 Å². The predicted molar refractivity (Wildman–Crippen MR) is 102 cm³/mol. The van der Waals surface area contributed by atoms with Gasteiger partial charge >= 0.3 is 0 Å². The van der Waals surface area contributed by atoms with Crippen molar-refractivity contribution < 1.29 is 4.74 Å². The molecule has 1 atom stereocenters. The van der Waals surface area contributed by atoms with E-state index in [4.69, 9.17) is 4.74 Å². The zero-order valence-electron chi connectivity index (χ0n) is 15.0. The second-order valence-corrected chi connectivity index (χ2v) is 5.89. The maximum Gasteiger partial charge on any atom is 0.133 e. The van der Waals surface area contributed by atoms with Gasteiger partial charge in [0.2, 0.25) is 0 Å². The molecule has 0 aliphatic heterocycles. The van der Waals surface area contributed by atoms with E-state index in [1.807, 2.05) is 7.05 Å². The number of nitrogens with one attached hydrogen (secondary N) is 1. The first-order chi connectivity index (χ1) is 11.8. The number of likely N-dealkylation sites (N-methyl/N-ethyl adjacent to an activating group) is 1. The molecule has 128 valence electrons. The summed E-state index contributed by atoms with van der Waals surface area (Å²) in [5, 5.41) is 3.52. The van der Waals surface area contributed by atoms with Crippen LogP contribution >= 0.6 is 0 Å². The molecule has 0 bridgehead atoms. The Labute approximate surface area is 146 Å². The van der Waals surface area contributed by atoms with Crippen LogP contribution < -0.4 is 5.32 Å². The normalized spacial score (nSPS) is 13.3. The van der Waals surface area contributed by atoms with Crippen LogP contribution in [-0.4, -0.2) is 19.7 Å². The second-order valence-electron chi connectivity index (χ2n) is 5.89. The van der Waals surface area contributed by atoms with E-state index in [0.717, 1.165) is 12.8 Å². The highest BCUT2D eigenvalue weighted by Crippen LogP contribution is 2.38. The molecule has 0 saturated carbocycles. The Hall–Kier alpha value is -1.90. The highest BCUT2D eigenvalue weighted by molar-refractivity contribution is 5.39. The fraction of sp³-hybridized carbons (Fsp3) is 0.364. The Kier molecular flexibility index (Phi) is 7.23. The molecule has 1 unspecified atom stereocenters. The lowest BCUT2D eigenvalue weighted by Gasteiger charge is -2.41. The SMILES string of the molecule is CC=CCCC(NC)C(OCC)(c1ccccc1)c1ccccc1. The lowest BCUT2D eigenvalue weighted by Crippen LogP contribution is -2.50. The number of hydrogen-bond donors (Lipinski definition) is 1. The Morgan fingerprint density at radius 3 is 1.96 bits per heavy atom. The lowest BCUT2D eigenvalue weighted by atomic mass is 9.78. The van der Waals surface area contributed by atoms with E-state index in [1.165, 1.54) is 11.1 Å². The molecule has 0 heterocycles. The zero-order valence-corrected chi connectivity index (χ0v) is 15.0. The van der Waals surface area contributed by atoms with Crippen LogP contribution in [0, 0.1) is 0 Å². The summed E-state index contributed by atoms with van der Waals surface area (Å²) < 4.78 is 6.50. The van der Waals surface area contributed by atoms with E-state index < -0.39 is 5.60 Å². The van der Waals surface area contributed by atoms with Crippen LogP contribution in [0.15, 0.2) is 72.8 Å². The Morgan fingerprint density at radius 1 is 1.00 bits per heavy atom. The van der Waals surface area contributed by atoms with Gasteiger partial charge in [0.1, 0.15) is 5.60 Å². The summed E-state index contributed by atoms with van der Waals surface area (Å²) in [5.41, 5.74) is 1.89. The minimum absolute atomic E-state index is 0.179. The highest BCUT2D eigenvalue weighted by atomic mass is 16.5. The predicted octanol–water partition coefficient (Wildman–Crippen LogP) is 4.91. The molecule has 2 rings (SSSR count). The molecule has 0 fully saturated rings. The third-order valence-electron chi connectivity index (χ3n) is 4.47. The third-order valence-corrected chi connectivity index (χ3v) is 4.47. The monoisotopic (exact) mass is 323 g/mol. The molecule has 0 radical (unpaired) electrons. The van der Waals surface area contributed by atoms with Crippen molar-refractivity contribution in [2.24, 2.45) is 0 Å². The molecule has 2 aromatic carbocycles. The van der Waals surface area contributed by atoms with E-state index in [9.17, 15) is 0 Å². The van der Waals surface area contributed by atoms with Gasteiger partial charge in [-0.05, 0) is 44.9 Å². The van der Waals surface area contributed by atoms with Crippen LogP contribution in [0.5, 0.6) is 0 Å². The highest BCUT2D eigenvalue weighted by Gasteiger charge is 2.41. The van der Waals surface area contributed by atoms with E-state index in [-0.39, 0.29) is 6.04 Å². The number of rotatable bonds is 9. The van der Waals surface area contributed by atoms with E-state index in [0.29, 0.717) is 6.61 Å². The van der Waals surface area contributed by atoms with Crippen molar-refractivity contribution in [2.45, 2.75) is 38.3 Å². The molecule has 0 spiro atoms. The minimum atomic E-state index is -0.492. The Balaban J connectivity index is 2.56. The summed E-state index contributed by atoms with van der Waals surface area (Å²) in [6.45, 7) is 4.80. The molecule has 2 heteroatoms. The van der Waals surface area contributed by atoms with Crippen molar-refractivity contribution in [2.75, 3.05) is 13.7 Å². The number of benzene rings is 2. The lowest BCUT2D eigenvalue weighted by molar-refractivity contribution is -0.0401. The molecule has 24 heavy (non-hydrogen) atoms. The van der Waals surface area contributed by atoms with Gasteiger partial charge in [0.25, 0.3) is 0 Å². The largest absolute Gasteiger partial charge is 0.364 e. The molecule has 0 saturated heterocycles. The summed E-state index contributed by atoms with van der Waals surface area (Å²) >= 11 is 0. The molecule has 2 nitrogen and oxygen atoms in total. The standard InChI is InChI=1S/C22H29NO/c1-4-6-9-18-21(23-3)22(24-5-2,19-14-10-7-11-15-19)20-16-12-8-13-17-20/h4,6-8,10-17,21,23H,5,9,18H2,1-3H3. The van der Waals surface area contributed by atoms with E-state index in [1.54, 1.807) is 0 Å². The molecule has 0 aliphatic carbocycles. The first-order valence-corrected chi connectivity index (χ1v) is 8.83. The van der Waals surface area contributed by atoms with Crippen molar-refractivity contribution in [3.05, 3.63) is 83.9 Å². The van der Waals surface area contributed by atoms with Gasteiger partial charge < -0.3 is 10.1 Å². The molecule has 0 amide bonds. The molecular weight excluding hydrogens is 294 g/mol. The van der Waals surface area contributed by atoms with Crippen LogP contribution in [0.1, 0.15) is 37.8 Å². The fourth-order valence-corrected chi connectivity index (χ4v) is 3.42.